The van der Waals surface area contributed by atoms with Crippen molar-refractivity contribution in [2.75, 3.05) is 0 Å². The molecule has 0 heterocycles. The lowest BCUT2D eigenvalue weighted by Gasteiger charge is -1.99. The first-order valence-corrected chi connectivity index (χ1v) is 6.38. The molecule has 0 unspecified atom stereocenters. The van der Waals surface area contributed by atoms with Crippen molar-refractivity contribution in [3.8, 4) is 0 Å². The van der Waals surface area contributed by atoms with Gasteiger partial charge in [-0.15, -0.1) is 15.3 Å². The van der Waals surface area contributed by atoms with Crippen LogP contribution in [0.3, 0.4) is 0 Å². The van der Waals surface area contributed by atoms with Crippen LogP contribution in [0.25, 0.3) is 0 Å². The molecule has 0 saturated carbocycles. The van der Waals surface area contributed by atoms with Crippen LogP contribution < -0.4 is 34.4 Å². The number of hydrogen-bond acceptors (Lipinski definition) is 6. The average Bonchev–Trinajstić information content (AvgIpc) is 2.46. The highest BCUT2D eigenvalue weighted by atomic mass is 15.3. The second-order valence-electron chi connectivity index (χ2n) is 4.24. The molecule has 1 aromatic carbocycles. The zero-order chi connectivity index (χ0) is 17.9. The van der Waals surface area contributed by atoms with Gasteiger partial charge < -0.3 is 34.4 Å². The van der Waals surface area contributed by atoms with E-state index in [0.29, 0.717) is 16.7 Å². The van der Waals surface area contributed by atoms with Crippen molar-refractivity contribution in [2.24, 2.45) is 65.0 Å². The maximum Gasteiger partial charge on any atom is 0.211 e. The first-order chi connectivity index (χ1) is 11.4. The minimum atomic E-state index is -0.161. The van der Waals surface area contributed by atoms with Crippen molar-refractivity contribution in [1.29, 1.82) is 0 Å². The Morgan fingerprint density at radius 3 is 1.00 bits per heavy atom. The number of nitrogens with two attached hydrogens (primary N) is 6. The van der Waals surface area contributed by atoms with Crippen LogP contribution in [0, 0.1) is 0 Å². The smallest absolute Gasteiger partial charge is 0.211 e. The molecule has 0 spiro atoms. The largest absolute Gasteiger partial charge is 0.369 e. The van der Waals surface area contributed by atoms with Gasteiger partial charge in [0.1, 0.15) is 0 Å². The number of benzene rings is 1. The molecule has 0 aliphatic carbocycles. The molecule has 0 radical (unpaired) electrons. The van der Waals surface area contributed by atoms with E-state index < -0.39 is 0 Å². The zero-order valence-corrected chi connectivity index (χ0v) is 12.6. The molecule has 0 amide bonds. The van der Waals surface area contributed by atoms with E-state index in [2.05, 4.69) is 30.6 Å². The molecule has 12 N–H and O–H groups in total. The van der Waals surface area contributed by atoms with E-state index in [9.17, 15) is 0 Å². The second-order valence-corrected chi connectivity index (χ2v) is 4.24. The van der Waals surface area contributed by atoms with E-state index in [-0.39, 0.29) is 17.9 Å². The van der Waals surface area contributed by atoms with Gasteiger partial charge in [-0.2, -0.15) is 15.3 Å². The maximum atomic E-state index is 5.20. The summed E-state index contributed by atoms with van der Waals surface area (Å²) < 4.78 is 0. The molecule has 0 atom stereocenters. The van der Waals surface area contributed by atoms with Gasteiger partial charge in [0.2, 0.25) is 17.9 Å². The predicted molar refractivity (Wildman–Crippen MR) is 96.7 cm³/mol. The van der Waals surface area contributed by atoms with E-state index in [0.717, 1.165) is 0 Å². The van der Waals surface area contributed by atoms with E-state index in [1.54, 1.807) is 18.2 Å². The molecule has 126 valence electrons. The third-order valence-corrected chi connectivity index (χ3v) is 2.14. The van der Waals surface area contributed by atoms with Crippen LogP contribution in [-0.4, -0.2) is 36.5 Å². The SMILES string of the molecule is NC(N)=N/N=C/c1cc(/C=N/N=C(N)N)cc(/C=N/N=C(N)N)c1. The molecule has 1 rings (SSSR count). The lowest BCUT2D eigenvalue weighted by atomic mass is 10.1. The Morgan fingerprint density at radius 1 is 0.542 bits per heavy atom. The highest BCUT2D eigenvalue weighted by molar-refractivity contribution is 5.92. The van der Waals surface area contributed by atoms with Crippen LogP contribution in [0.5, 0.6) is 0 Å². The lowest BCUT2D eigenvalue weighted by Crippen LogP contribution is -2.21. The van der Waals surface area contributed by atoms with Crippen LogP contribution in [0.4, 0.5) is 0 Å². The molecule has 12 nitrogen and oxygen atoms in total. The normalized spacial score (nSPS) is 11.0. The summed E-state index contributed by atoms with van der Waals surface area (Å²) in [4.78, 5) is 0. The minimum Gasteiger partial charge on any atom is -0.369 e. The molecule has 24 heavy (non-hydrogen) atoms. The van der Waals surface area contributed by atoms with Crippen LogP contribution in [0.1, 0.15) is 16.7 Å². The van der Waals surface area contributed by atoms with Crippen molar-refractivity contribution in [1.82, 2.24) is 0 Å². The fourth-order valence-corrected chi connectivity index (χ4v) is 1.41. The Labute approximate surface area is 137 Å². The van der Waals surface area contributed by atoms with Crippen molar-refractivity contribution in [3.63, 3.8) is 0 Å². The van der Waals surface area contributed by atoms with Crippen LogP contribution in [0.15, 0.2) is 48.8 Å². The molecule has 0 aromatic heterocycles. The number of hydrogen-bond donors (Lipinski definition) is 6. The molecule has 0 aliphatic heterocycles. The summed E-state index contributed by atoms with van der Waals surface area (Å²) in [7, 11) is 0. The number of nitrogens with zero attached hydrogens (tertiary/aromatic N) is 6. The standard InChI is InChI=1S/C12H18N12/c13-10(14)22-19-4-7-1-8(5-20-23-11(15)16)3-9(2-7)6-21-24-12(17)18/h1-6H,(H4,13,14,22)(H4,15,16,23)(H4,17,18,24)/b19-4+,20-5+,21-6+. The highest BCUT2D eigenvalue weighted by Gasteiger charge is 1.97. The fourth-order valence-electron chi connectivity index (χ4n) is 1.41. The van der Waals surface area contributed by atoms with Gasteiger partial charge in [0, 0.05) is 0 Å². The van der Waals surface area contributed by atoms with Crippen molar-refractivity contribution < 1.29 is 0 Å². The van der Waals surface area contributed by atoms with Crippen molar-refractivity contribution in [3.05, 3.63) is 34.9 Å². The average molecular weight is 330 g/mol. The van der Waals surface area contributed by atoms with Gasteiger partial charge in [0.15, 0.2) is 0 Å². The van der Waals surface area contributed by atoms with Gasteiger partial charge in [-0.3, -0.25) is 0 Å². The molecule has 0 fully saturated rings. The first kappa shape index (κ1) is 18.1. The van der Waals surface area contributed by atoms with Gasteiger partial charge >= 0.3 is 0 Å². The van der Waals surface area contributed by atoms with E-state index in [1.807, 2.05) is 0 Å². The monoisotopic (exact) mass is 330 g/mol. The van der Waals surface area contributed by atoms with E-state index in [1.165, 1.54) is 18.6 Å². The Morgan fingerprint density at radius 2 is 0.792 bits per heavy atom. The highest BCUT2D eigenvalue weighted by Crippen LogP contribution is 2.07. The molecular formula is C12H18N12. The molecule has 12 heteroatoms. The minimum absolute atomic E-state index is 0.161. The van der Waals surface area contributed by atoms with Crippen LogP contribution in [-0.2, 0) is 0 Å². The van der Waals surface area contributed by atoms with Crippen LogP contribution >= 0.6 is 0 Å². The number of guanidine groups is 3. The van der Waals surface area contributed by atoms with Crippen molar-refractivity contribution >= 4 is 36.5 Å². The summed E-state index contributed by atoms with van der Waals surface area (Å²) in [5, 5.41) is 21.7. The molecule has 0 bridgehead atoms. The lowest BCUT2D eigenvalue weighted by molar-refractivity contribution is 1.21. The molecule has 1 aromatic rings. The summed E-state index contributed by atoms with van der Waals surface area (Å²) in [5.74, 6) is -0.483. The molecular weight excluding hydrogens is 312 g/mol. The zero-order valence-electron chi connectivity index (χ0n) is 12.6. The summed E-state index contributed by atoms with van der Waals surface area (Å²) in [6, 6.07) is 5.24. The maximum absolute atomic E-state index is 5.20. The Kier molecular flexibility index (Phi) is 6.89. The third-order valence-electron chi connectivity index (χ3n) is 2.14. The summed E-state index contributed by atoms with van der Waals surface area (Å²) in [6.07, 6.45) is 4.32. The Bertz CT molecular complexity index is 616. The predicted octanol–water partition coefficient (Wildman–Crippen LogP) is -2.49. The Balaban J connectivity index is 3.18. The van der Waals surface area contributed by atoms with Gasteiger partial charge in [-0.1, -0.05) is 0 Å². The number of rotatable bonds is 6. The van der Waals surface area contributed by atoms with Gasteiger partial charge in [0.25, 0.3) is 0 Å². The quantitative estimate of drug-likeness (QED) is 0.187. The van der Waals surface area contributed by atoms with Gasteiger partial charge in [0.05, 0.1) is 18.6 Å². The van der Waals surface area contributed by atoms with E-state index in [4.69, 9.17) is 34.4 Å². The van der Waals surface area contributed by atoms with Gasteiger partial charge in [-0.25, -0.2) is 0 Å². The Hall–Kier alpha value is -3.96. The summed E-state index contributed by atoms with van der Waals surface area (Å²) in [6.45, 7) is 0. The summed E-state index contributed by atoms with van der Waals surface area (Å²) >= 11 is 0. The van der Waals surface area contributed by atoms with E-state index >= 15 is 0 Å². The van der Waals surface area contributed by atoms with Crippen molar-refractivity contribution in [2.45, 2.75) is 0 Å². The topological polar surface area (TPSA) is 230 Å². The molecule has 0 aliphatic rings. The van der Waals surface area contributed by atoms with Gasteiger partial charge in [-0.05, 0) is 34.9 Å². The summed E-state index contributed by atoms with van der Waals surface area (Å²) in [5.41, 5.74) is 33.2. The molecule has 0 saturated heterocycles. The van der Waals surface area contributed by atoms with Crippen LogP contribution in [0.2, 0.25) is 0 Å². The first-order valence-electron chi connectivity index (χ1n) is 6.38. The fraction of sp³-hybridized carbons (Fsp3) is 0. The third kappa shape index (κ3) is 7.72. The second kappa shape index (κ2) is 9.14.